The van der Waals surface area contributed by atoms with Crippen LogP contribution in [-0.4, -0.2) is 37.8 Å². The molecule has 2 saturated carbocycles. The zero-order chi connectivity index (χ0) is 21.3. The summed E-state index contributed by atoms with van der Waals surface area (Å²) in [6, 6.07) is 2.85. The quantitative estimate of drug-likeness (QED) is 0.774. The fraction of sp³-hybridized carbons (Fsp3) is 0.682. The number of halogens is 2. The molecule has 1 aromatic carbocycles. The third-order valence-corrected chi connectivity index (χ3v) is 9.13. The van der Waals surface area contributed by atoms with Crippen LogP contribution in [0, 0.1) is 29.4 Å². The average molecular weight is 441 g/mol. The minimum absolute atomic E-state index is 0.0270. The monoisotopic (exact) mass is 440 g/mol. The first kappa shape index (κ1) is 21.7. The van der Waals surface area contributed by atoms with Crippen LogP contribution in [0.1, 0.15) is 57.8 Å². The number of nitrogens with one attached hydrogen (secondary N) is 1. The van der Waals surface area contributed by atoms with E-state index in [1.165, 1.54) is 36.4 Å². The van der Waals surface area contributed by atoms with E-state index in [1.54, 1.807) is 0 Å². The highest BCUT2D eigenvalue weighted by atomic mass is 32.2. The Kier molecular flexibility index (Phi) is 6.44. The number of fused-ring (bicyclic) bond motifs is 1. The van der Waals surface area contributed by atoms with Crippen LogP contribution in [0.2, 0.25) is 0 Å². The van der Waals surface area contributed by atoms with Crippen LogP contribution in [0.5, 0.6) is 0 Å². The van der Waals surface area contributed by atoms with Crippen molar-refractivity contribution in [3.05, 3.63) is 29.8 Å². The highest BCUT2D eigenvalue weighted by Crippen LogP contribution is 2.40. The molecule has 3 fully saturated rings. The van der Waals surface area contributed by atoms with E-state index in [-0.39, 0.29) is 35.9 Å². The first-order valence-corrected chi connectivity index (χ1v) is 12.5. The van der Waals surface area contributed by atoms with Gasteiger partial charge in [-0.3, -0.25) is 4.79 Å². The predicted octanol–water partition coefficient (Wildman–Crippen LogP) is 3.84. The van der Waals surface area contributed by atoms with Crippen molar-refractivity contribution in [3.8, 4) is 0 Å². The topological polar surface area (TPSA) is 66.5 Å². The number of nitrogens with zero attached hydrogens (tertiary/aromatic N) is 1. The first-order valence-electron chi connectivity index (χ1n) is 11.1. The lowest BCUT2D eigenvalue weighted by atomic mass is 9.69. The molecule has 5 nitrogen and oxygen atoms in total. The zero-order valence-electron chi connectivity index (χ0n) is 17.2. The molecule has 1 aliphatic heterocycles. The molecule has 0 radical (unpaired) electrons. The summed E-state index contributed by atoms with van der Waals surface area (Å²) >= 11 is 0. The fourth-order valence-electron chi connectivity index (χ4n) is 5.47. The molecule has 1 saturated heterocycles. The predicted molar refractivity (Wildman–Crippen MR) is 109 cm³/mol. The molecular weight excluding hydrogens is 410 g/mol. The van der Waals surface area contributed by atoms with Gasteiger partial charge in [0.05, 0.1) is 4.90 Å². The van der Waals surface area contributed by atoms with Gasteiger partial charge < -0.3 is 5.32 Å². The van der Waals surface area contributed by atoms with Gasteiger partial charge in [-0.25, -0.2) is 17.2 Å². The Labute approximate surface area is 177 Å². The van der Waals surface area contributed by atoms with E-state index in [9.17, 15) is 22.0 Å². The van der Waals surface area contributed by atoms with Crippen molar-refractivity contribution in [2.75, 3.05) is 13.1 Å². The SMILES string of the molecule is O=C(N[C@@H]1CC[C@H]2CCCC[C@H]2C1)C1CCN(S(=O)(=O)c2ccc(F)c(F)c2)CC1. The Morgan fingerprint density at radius 2 is 1.63 bits per heavy atom. The molecule has 1 amide bonds. The molecule has 1 N–H and O–H groups in total. The van der Waals surface area contributed by atoms with Crippen molar-refractivity contribution in [1.82, 2.24) is 9.62 Å². The maximum Gasteiger partial charge on any atom is 0.243 e. The summed E-state index contributed by atoms with van der Waals surface area (Å²) in [7, 11) is -3.90. The Bertz CT molecular complexity index is 884. The van der Waals surface area contributed by atoms with Crippen molar-refractivity contribution in [2.24, 2.45) is 17.8 Å². The van der Waals surface area contributed by atoms with Gasteiger partial charge in [-0.15, -0.1) is 0 Å². The molecule has 4 rings (SSSR count). The van der Waals surface area contributed by atoms with Crippen LogP contribution in [0.15, 0.2) is 23.1 Å². The summed E-state index contributed by atoms with van der Waals surface area (Å²) in [5.41, 5.74) is 0. The Morgan fingerprint density at radius 3 is 2.33 bits per heavy atom. The highest BCUT2D eigenvalue weighted by molar-refractivity contribution is 7.89. The van der Waals surface area contributed by atoms with Gasteiger partial charge in [0.2, 0.25) is 15.9 Å². The van der Waals surface area contributed by atoms with Crippen LogP contribution >= 0.6 is 0 Å². The van der Waals surface area contributed by atoms with Gasteiger partial charge in [0, 0.05) is 25.0 Å². The van der Waals surface area contributed by atoms with Crippen LogP contribution in [0.25, 0.3) is 0 Å². The second-order valence-electron chi connectivity index (χ2n) is 9.08. The number of piperidine rings is 1. The first-order chi connectivity index (χ1) is 14.3. The average Bonchev–Trinajstić information content (AvgIpc) is 2.75. The number of amides is 1. The fourth-order valence-corrected chi connectivity index (χ4v) is 6.95. The van der Waals surface area contributed by atoms with Crippen molar-refractivity contribution < 1.29 is 22.0 Å². The van der Waals surface area contributed by atoms with Gasteiger partial charge in [-0.1, -0.05) is 25.7 Å². The summed E-state index contributed by atoms with van der Waals surface area (Å²) in [6.07, 6.45) is 9.42. The summed E-state index contributed by atoms with van der Waals surface area (Å²) < 4.78 is 53.3. The molecule has 3 aliphatic rings. The second-order valence-corrected chi connectivity index (χ2v) is 11.0. The molecule has 1 aromatic rings. The maximum atomic E-state index is 13.5. The van der Waals surface area contributed by atoms with E-state index in [1.807, 2.05) is 0 Å². The summed E-state index contributed by atoms with van der Waals surface area (Å²) in [6.45, 7) is 0.406. The van der Waals surface area contributed by atoms with Gasteiger partial charge >= 0.3 is 0 Å². The normalized spacial score (nSPS) is 28.7. The molecule has 0 bridgehead atoms. The molecule has 0 unspecified atom stereocenters. The van der Waals surface area contributed by atoms with E-state index < -0.39 is 21.7 Å². The smallest absolute Gasteiger partial charge is 0.243 e. The largest absolute Gasteiger partial charge is 0.353 e. The molecule has 1 heterocycles. The summed E-state index contributed by atoms with van der Waals surface area (Å²) in [5.74, 6) is -0.869. The summed E-state index contributed by atoms with van der Waals surface area (Å²) in [4.78, 5) is 12.5. The van der Waals surface area contributed by atoms with Crippen LogP contribution in [0.4, 0.5) is 8.78 Å². The van der Waals surface area contributed by atoms with Crippen LogP contribution in [-0.2, 0) is 14.8 Å². The van der Waals surface area contributed by atoms with Crippen molar-refractivity contribution in [2.45, 2.75) is 68.7 Å². The minimum atomic E-state index is -3.90. The number of sulfonamides is 1. The van der Waals surface area contributed by atoms with Gasteiger partial charge in [0.15, 0.2) is 11.6 Å². The second kappa shape index (κ2) is 8.91. The van der Waals surface area contributed by atoms with Crippen molar-refractivity contribution >= 4 is 15.9 Å². The van der Waals surface area contributed by atoms with Crippen molar-refractivity contribution in [3.63, 3.8) is 0 Å². The van der Waals surface area contributed by atoms with Crippen LogP contribution < -0.4 is 5.32 Å². The number of benzene rings is 1. The molecule has 8 heteroatoms. The molecule has 0 aromatic heterocycles. The molecular formula is C22H30F2N2O3S. The number of carbonyl (C=O) groups excluding carboxylic acids is 1. The molecule has 30 heavy (non-hydrogen) atoms. The van der Waals surface area contributed by atoms with Gasteiger partial charge in [-0.2, -0.15) is 4.31 Å². The zero-order valence-corrected chi connectivity index (χ0v) is 18.0. The number of hydrogen-bond acceptors (Lipinski definition) is 3. The van der Waals surface area contributed by atoms with E-state index >= 15 is 0 Å². The minimum Gasteiger partial charge on any atom is -0.353 e. The third-order valence-electron chi connectivity index (χ3n) is 7.24. The number of rotatable bonds is 4. The Balaban J connectivity index is 1.30. The Hall–Kier alpha value is -1.54. The van der Waals surface area contributed by atoms with Gasteiger partial charge in [0.1, 0.15) is 0 Å². The van der Waals surface area contributed by atoms with E-state index in [4.69, 9.17) is 0 Å². The number of carbonyl (C=O) groups is 1. The molecule has 2 aliphatic carbocycles. The van der Waals surface area contributed by atoms with E-state index in [0.717, 1.165) is 36.8 Å². The van der Waals surface area contributed by atoms with Gasteiger partial charge in [0.25, 0.3) is 0 Å². The van der Waals surface area contributed by atoms with Crippen molar-refractivity contribution in [1.29, 1.82) is 0 Å². The van der Waals surface area contributed by atoms with E-state index in [0.29, 0.717) is 18.9 Å². The molecule has 166 valence electrons. The highest BCUT2D eigenvalue weighted by Gasteiger charge is 2.36. The van der Waals surface area contributed by atoms with Crippen LogP contribution in [0.3, 0.4) is 0 Å². The third kappa shape index (κ3) is 4.54. The lowest BCUT2D eigenvalue weighted by molar-refractivity contribution is -0.127. The standard InChI is InChI=1S/C22H30F2N2O3S/c23-20-8-7-19(14-21(20)24)30(28,29)26-11-9-16(10-12-26)22(27)25-18-6-5-15-3-1-2-4-17(15)13-18/h7-8,14-18H,1-6,9-13H2,(H,25,27)/t15-,17+,18-/m1/s1. The van der Waals surface area contributed by atoms with Gasteiger partial charge in [-0.05, 0) is 62.1 Å². The Morgan fingerprint density at radius 1 is 0.933 bits per heavy atom. The number of hydrogen-bond donors (Lipinski definition) is 1. The summed E-state index contributed by atoms with van der Waals surface area (Å²) in [5, 5.41) is 3.22. The maximum absolute atomic E-state index is 13.5. The van der Waals surface area contributed by atoms with E-state index in [2.05, 4.69) is 5.32 Å². The lowest BCUT2D eigenvalue weighted by Gasteiger charge is -2.40. The molecule has 0 spiro atoms. The lowest BCUT2D eigenvalue weighted by Crippen LogP contribution is -2.47. The molecule has 3 atom stereocenters.